The fraction of sp³-hybridized carbons (Fsp3) is 0.0667. The zero-order valence-corrected chi connectivity index (χ0v) is 27.3. The van der Waals surface area contributed by atoms with Crippen molar-refractivity contribution in [2.45, 2.75) is 19.3 Å². The summed E-state index contributed by atoms with van der Waals surface area (Å²) < 4.78 is 0. The first-order chi connectivity index (χ1) is 24.0. The van der Waals surface area contributed by atoms with Crippen LogP contribution in [0.1, 0.15) is 25.0 Å². The lowest BCUT2D eigenvalue weighted by molar-refractivity contribution is 0.666. The summed E-state index contributed by atoms with van der Waals surface area (Å²) in [7, 11) is 0. The van der Waals surface area contributed by atoms with Crippen molar-refractivity contribution in [2.75, 3.05) is 0 Å². The molecule has 0 spiro atoms. The molecule has 0 amide bonds. The number of nitrogens with zero attached hydrogens (tertiary/aromatic N) is 4. The van der Waals surface area contributed by atoms with Gasteiger partial charge in [0.1, 0.15) is 0 Å². The van der Waals surface area contributed by atoms with Gasteiger partial charge in [0.05, 0.1) is 0 Å². The molecule has 2 aromatic heterocycles. The molecule has 4 heteroatoms. The van der Waals surface area contributed by atoms with E-state index in [4.69, 9.17) is 15.0 Å². The van der Waals surface area contributed by atoms with Crippen LogP contribution in [0.3, 0.4) is 0 Å². The van der Waals surface area contributed by atoms with Gasteiger partial charge in [-0.1, -0.05) is 129 Å². The Morgan fingerprint density at radius 2 is 1.02 bits per heavy atom. The quantitative estimate of drug-likeness (QED) is 0.190. The summed E-state index contributed by atoms with van der Waals surface area (Å²) in [5, 5.41) is 2.61. The Morgan fingerprint density at radius 1 is 0.429 bits per heavy atom. The Morgan fingerprint density at radius 3 is 1.73 bits per heavy atom. The molecule has 0 bridgehead atoms. The Hall–Kier alpha value is -6.26. The highest BCUT2D eigenvalue weighted by Crippen LogP contribution is 2.52. The molecule has 0 unspecified atom stereocenters. The molecule has 4 nitrogen and oxygen atoms in total. The first-order valence-electron chi connectivity index (χ1n) is 16.6. The third-order valence-electron chi connectivity index (χ3n) is 9.77. The largest absolute Gasteiger partial charge is 0.264 e. The number of hydrogen-bond donors (Lipinski definition) is 0. The summed E-state index contributed by atoms with van der Waals surface area (Å²) in [6.45, 7) is 4.69. The van der Waals surface area contributed by atoms with Gasteiger partial charge in [0.2, 0.25) is 0 Å². The molecule has 0 aliphatic heterocycles. The summed E-state index contributed by atoms with van der Waals surface area (Å²) in [6, 6.07) is 51.4. The smallest absolute Gasteiger partial charge is 0.165 e. The lowest BCUT2D eigenvalue weighted by atomic mass is 9.80. The average molecular weight is 629 g/mol. The van der Waals surface area contributed by atoms with Gasteiger partial charge in [-0.25, -0.2) is 15.0 Å². The van der Waals surface area contributed by atoms with Gasteiger partial charge >= 0.3 is 0 Å². The fourth-order valence-electron chi connectivity index (χ4n) is 7.36. The van der Waals surface area contributed by atoms with Gasteiger partial charge in [-0.2, -0.15) is 0 Å². The van der Waals surface area contributed by atoms with E-state index in [1.807, 2.05) is 18.2 Å². The Labute approximate surface area is 285 Å². The lowest BCUT2D eigenvalue weighted by Gasteiger charge is -2.23. The van der Waals surface area contributed by atoms with E-state index >= 15 is 0 Å². The van der Waals surface area contributed by atoms with Crippen molar-refractivity contribution >= 4 is 10.8 Å². The van der Waals surface area contributed by atoms with E-state index in [9.17, 15) is 0 Å². The van der Waals surface area contributed by atoms with Crippen LogP contribution < -0.4 is 0 Å². The van der Waals surface area contributed by atoms with E-state index in [1.165, 1.54) is 33.0 Å². The molecular weight excluding hydrogens is 597 g/mol. The summed E-state index contributed by atoms with van der Waals surface area (Å²) in [6.07, 6.45) is 3.56. The van der Waals surface area contributed by atoms with Crippen molar-refractivity contribution in [3.63, 3.8) is 0 Å². The average Bonchev–Trinajstić information content (AvgIpc) is 3.41. The van der Waals surface area contributed by atoms with Crippen LogP contribution in [0.25, 0.3) is 78.3 Å². The molecular formula is C45H32N4. The van der Waals surface area contributed by atoms with Crippen molar-refractivity contribution in [3.8, 4) is 67.5 Å². The topological polar surface area (TPSA) is 51.6 Å². The van der Waals surface area contributed by atoms with E-state index in [0.29, 0.717) is 17.5 Å². The van der Waals surface area contributed by atoms with Crippen molar-refractivity contribution in [1.82, 2.24) is 19.9 Å². The molecule has 0 fully saturated rings. The third-order valence-corrected chi connectivity index (χ3v) is 9.77. The minimum absolute atomic E-state index is 0.0896. The number of aromatic nitrogens is 4. The molecule has 1 aliphatic carbocycles. The summed E-state index contributed by atoms with van der Waals surface area (Å²) in [5.41, 5.74) is 12.5. The maximum atomic E-state index is 5.06. The molecule has 49 heavy (non-hydrogen) atoms. The van der Waals surface area contributed by atoms with Crippen LogP contribution in [-0.2, 0) is 5.41 Å². The van der Waals surface area contributed by atoms with Gasteiger partial charge in [0.25, 0.3) is 0 Å². The van der Waals surface area contributed by atoms with Crippen molar-refractivity contribution in [3.05, 3.63) is 169 Å². The van der Waals surface area contributed by atoms with Gasteiger partial charge in [0, 0.05) is 34.5 Å². The van der Waals surface area contributed by atoms with E-state index < -0.39 is 0 Å². The predicted octanol–water partition coefficient (Wildman–Crippen LogP) is 11.1. The number of benzene rings is 6. The molecule has 0 radical (unpaired) electrons. The first-order valence-corrected chi connectivity index (χ1v) is 16.6. The molecule has 0 atom stereocenters. The molecule has 6 aromatic carbocycles. The van der Waals surface area contributed by atoms with Crippen molar-refractivity contribution < 1.29 is 0 Å². The maximum absolute atomic E-state index is 5.06. The van der Waals surface area contributed by atoms with Gasteiger partial charge in [-0.05, 0) is 85.6 Å². The van der Waals surface area contributed by atoms with Gasteiger partial charge in [-0.3, -0.25) is 4.98 Å². The molecule has 2 heterocycles. The van der Waals surface area contributed by atoms with Crippen LogP contribution in [0.2, 0.25) is 0 Å². The van der Waals surface area contributed by atoms with E-state index in [2.05, 4.69) is 146 Å². The Bertz CT molecular complexity index is 2520. The molecule has 9 rings (SSSR count). The molecule has 8 aromatic rings. The number of rotatable bonds is 5. The zero-order valence-electron chi connectivity index (χ0n) is 27.3. The van der Waals surface area contributed by atoms with Crippen LogP contribution in [0.4, 0.5) is 0 Å². The van der Waals surface area contributed by atoms with E-state index in [-0.39, 0.29) is 5.41 Å². The Balaban J connectivity index is 1.15. The second kappa shape index (κ2) is 11.5. The van der Waals surface area contributed by atoms with Gasteiger partial charge < -0.3 is 0 Å². The van der Waals surface area contributed by atoms with Crippen LogP contribution in [0, 0.1) is 0 Å². The normalized spacial score (nSPS) is 12.9. The third kappa shape index (κ3) is 5.01. The molecule has 1 aliphatic rings. The zero-order chi connectivity index (χ0) is 33.0. The SMILES string of the molecule is CC1(C)c2ccc(-c3cccc(-c4nc(-c5cccnc5)nc(-c5cccc(-c6ccccc6)c5)n4)c3)cc2-c2ccc3ccccc3c21. The number of fused-ring (bicyclic) bond motifs is 5. The van der Waals surface area contributed by atoms with Crippen molar-refractivity contribution in [1.29, 1.82) is 0 Å². The van der Waals surface area contributed by atoms with Gasteiger partial charge in [0.15, 0.2) is 17.5 Å². The molecule has 0 saturated carbocycles. The lowest BCUT2D eigenvalue weighted by Crippen LogP contribution is -2.15. The van der Waals surface area contributed by atoms with Crippen LogP contribution >= 0.6 is 0 Å². The molecule has 0 N–H and O–H groups in total. The van der Waals surface area contributed by atoms with E-state index in [0.717, 1.165) is 38.9 Å². The highest BCUT2D eigenvalue weighted by molar-refractivity contribution is 5.98. The highest BCUT2D eigenvalue weighted by atomic mass is 15.0. The number of pyridine rings is 1. The molecule has 232 valence electrons. The van der Waals surface area contributed by atoms with Crippen LogP contribution in [-0.4, -0.2) is 19.9 Å². The second-order valence-electron chi connectivity index (χ2n) is 13.2. The minimum Gasteiger partial charge on any atom is -0.264 e. The van der Waals surface area contributed by atoms with Crippen LogP contribution in [0.5, 0.6) is 0 Å². The Kier molecular flexibility index (Phi) is 6.77. The monoisotopic (exact) mass is 628 g/mol. The predicted molar refractivity (Wildman–Crippen MR) is 200 cm³/mol. The summed E-state index contributed by atoms with van der Waals surface area (Å²) in [4.78, 5) is 19.3. The minimum atomic E-state index is -0.0896. The first kappa shape index (κ1) is 28.9. The fourth-order valence-corrected chi connectivity index (χ4v) is 7.36. The van der Waals surface area contributed by atoms with E-state index in [1.54, 1.807) is 12.4 Å². The van der Waals surface area contributed by atoms with Gasteiger partial charge in [-0.15, -0.1) is 0 Å². The second-order valence-corrected chi connectivity index (χ2v) is 13.2. The maximum Gasteiger partial charge on any atom is 0.165 e. The summed E-state index contributed by atoms with van der Waals surface area (Å²) >= 11 is 0. The highest BCUT2D eigenvalue weighted by Gasteiger charge is 2.36. The molecule has 0 saturated heterocycles. The summed E-state index contributed by atoms with van der Waals surface area (Å²) in [5.74, 6) is 1.83. The number of hydrogen-bond acceptors (Lipinski definition) is 4. The standard InChI is InChI=1S/C45H32N4/c1-45(2)40-23-21-33(27-39(40)38-22-20-30-13-6-7-19-37(30)41(38)45)32-15-9-17-35(26-32)43-47-42(48-44(49-43)36-18-10-24-46-28-36)34-16-8-14-31(25-34)29-11-4-3-5-12-29/h3-28H,1-2H3. The van der Waals surface area contributed by atoms with Crippen molar-refractivity contribution in [2.24, 2.45) is 0 Å². The van der Waals surface area contributed by atoms with Crippen LogP contribution in [0.15, 0.2) is 158 Å².